The second kappa shape index (κ2) is 7.77. The first-order chi connectivity index (χ1) is 15.8. The maximum atomic E-state index is 13.2. The highest BCUT2D eigenvalue weighted by atomic mass is 16.5. The van der Waals surface area contributed by atoms with Crippen LogP contribution in [0.15, 0.2) is 71.5 Å². The molecular weight excluding hydrogens is 422 g/mol. The molecule has 9 heteroatoms. The van der Waals surface area contributed by atoms with Gasteiger partial charge in [0.25, 0.3) is 5.91 Å². The van der Waals surface area contributed by atoms with Crippen molar-refractivity contribution in [1.82, 2.24) is 14.7 Å². The highest BCUT2D eigenvalue weighted by molar-refractivity contribution is 6.10. The SMILES string of the molecule is CC(=O)CN1C(=O)C2C(N=C3N(c4ccc(Oc5ccccc5)cc4)C(C)=CN32)N(C)C1=O. The Morgan fingerprint density at radius 3 is 2.36 bits per heavy atom. The molecule has 0 bridgehead atoms. The molecule has 3 aliphatic rings. The molecule has 5 rings (SSSR count). The van der Waals surface area contributed by atoms with Crippen LogP contribution in [-0.2, 0) is 9.59 Å². The van der Waals surface area contributed by atoms with Gasteiger partial charge in [-0.15, -0.1) is 0 Å². The van der Waals surface area contributed by atoms with Gasteiger partial charge < -0.3 is 14.5 Å². The molecule has 33 heavy (non-hydrogen) atoms. The lowest BCUT2D eigenvalue weighted by atomic mass is 10.1. The van der Waals surface area contributed by atoms with Crippen LogP contribution in [0.2, 0.25) is 0 Å². The average molecular weight is 445 g/mol. The van der Waals surface area contributed by atoms with Crippen molar-refractivity contribution < 1.29 is 19.1 Å². The normalized spacial score (nSPS) is 21.7. The lowest BCUT2D eigenvalue weighted by Crippen LogP contribution is -2.64. The van der Waals surface area contributed by atoms with Gasteiger partial charge in [-0.1, -0.05) is 18.2 Å². The van der Waals surface area contributed by atoms with Crippen LogP contribution < -0.4 is 9.64 Å². The first kappa shape index (κ1) is 20.7. The first-order valence-electron chi connectivity index (χ1n) is 10.6. The van der Waals surface area contributed by atoms with Crippen LogP contribution in [-0.4, -0.2) is 64.2 Å². The molecule has 2 unspecified atom stereocenters. The summed E-state index contributed by atoms with van der Waals surface area (Å²) < 4.78 is 5.87. The number of rotatable bonds is 5. The summed E-state index contributed by atoms with van der Waals surface area (Å²) in [6, 6.07) is 15.9. The van der Waals surface area contributed by atoms with Crippen LogP contribution in [0.1, 0.15) is 13.8 Å². The molecule has 2 atom stereocenters. The number of allylic oxidation sites excluding steroid dienone is 1. The molecule has 168 valence electrons. The van der Waals surface area contributed by atoms with Gasteiger partial charge in [0.05, 0.1) is 6.54 Å². The molecular formula is C24H23N5O4. The molecule has 0 aliphatic carbocycles. The molecule has 0 saturated carbocycles. The lowest BCUT2D eigenvalue weighted by Gasteiger charge is -2.39. The number of imide groups is 1. The van der Waals surface area contributed by atoms with E-state index < -0.39 is 24.1 Å². The zero-order valence-electron chi connectivity index (χ0n) is 18.5. The summed E-state index contributed by atoms with van der Waals surface area (Å²) in [5, 5.41) is 0. The van der Waals surface area contributed by atoms with Crippen molar-refractivity contribution in [2.24, 2.45) is 4.99 Å². The Bertz CT molecular complexity index is 1190. The number of ketones is 1. The average Bonchev–Trinajstić information content (AvgIpc) is 3.31. The number of hydrogen-bond donors (Lipinski definition) is 0. The number of hydrogen-bond acceptors (Lipinski definition) is 7. The Kier molecular flexibility index (Phi) is 4.88. The third kappa shape index (κ3) is 3.42. The van der Waals surface area contributed by atoms with E-state index in [1.165, 1.54) is 11.8 Å². The van der Waals surface area contributed by atoms with Crippen molar-refractivity contribution in [3.05, 3.63) is 66.5 Å². The Morgan fingerprint density at radius 2 is 1.70 bits per heavy atom. The van der Waals surface area contributed by atoms with E-state index in [4.69, 9.17) is 9.73 Å². The number of guanidine groups is 1. The maximum absolute atomic E-state index is 13.2. The van der Waals surface area contributed by atoms with Crippen LogP contribution in [0.4, 0.5) is 10.5 Å². The molecule has 2 aromatic carbocycles. The second-order valence-electron chi connectivity index (χ2n) is 8.23. The van der Waals surface area contributed by atoms with Gasteiger partial charge in [-0.2, -0.15) is 0 Å². The van der Waals surface area contributed by atoms with E-state index in [2.05, 4.69) is 0 Å². The fourth-order valence-electron chi connectivity index (χ4n) is 4.33. The topological polar surface area (TPSA) is 85.8 Å². The van der Waals surface area contributed by atoms with Crippen molar-refractivity contribution in [3.63, 3.8) is 0 Å². The summed E-state index contributed by atoms with van der Waals surface area (Å²) in [4.78, 5) is 48.3. The largest absolute Gasteiger partial charge is 0.457 e. The van der Waals surface area contributed by atoms with Crippen LogP contribution in [0.3, 0.4) is 0 Å². The molecule has 0 N–H and O–H groups in total. The third-order valence-corrected chi connectivity index (χ3v) is 5.84. The van der Waals surface area contributed by atoms with Crippen LogP contribution >= 0.6 is 0 Å². The minimum atomic E-state index is -0.706. The number of aliphatic imine (C=N–C) groups is 1. The Balaban J connectivity index is 1.41. The molecule has 1 saturated heterocycles. The van der Waals surface area contributed by atoms with Gasteiger partial charge in [-0.05, 0) is 50.2 Å². The minimum Gasteiger partial charge on any atom is -0.457 e. The Hall–Kier alpha value is -4.14. The number of fused-ring (bicyclic) bond motifs is 3. The van der Waals surface area contributed by atoms with Crippen molar-refractivity contribution in [2.75, 3.05) is 18.5 Å². The van der Waals surface area contributed by atoms with Crippen LogP contribution in [0.25, 0.3) is 0 Å². The number of carbonyl (C=O) groups excluding carboxylic acids is 3. The number of para-hydroxylation sites is 1. The van der Waals surface area contributed by atoms with Gasteiger partial charge in [0, 0.05) is 24.6 Å². The van der Waals surface area contributed by atoms with Gasteiger partial charge in [-0.3, -0.25) is 19.4 Å². The Labute approximate surface area is 191 Å². The number of nitrogens with zero attached hydrogens (tertiary/aromatic N) is 5. The zero-order chi connectivity index (χ0) is 23.3. The van der Waals surface area contributed by atoms with E-state index in [9.17, 15) is 14.4 Å². The van der Waals surface area contributed by atoms with Crippen LogP contribution in [0.5, 0.6) is 11.5 Å². The molecule has 3 amide bonds. The molecule has 3 heterocycles. The van der Waals surface area contributed by atoms with Gasteiger partial charge in [-0.25, -0.2) is 9.79 Å². The maximum Gasteiger partial charge on any atom is 0.328 e. The monoisotopic (exact) mass is 445 g/mol. The standard InChI is InChI=1S/C24H23N5O4/c1-15-13-27-20-21(26(3)24(32)28(22(20)31)14-16(2)30)25-23(27)29(15)17-9-11-19(12-10-17)33-18-7-5-4-6-8-18/h4-13,20-21H,14H2,1-3H3. The highest BCUT2D eigenvalue weighted by Crippen LogP contribution is 2.37. The lowest BCUT2D eigenvalue weighted by molar-refractivity contribution is -0.139. The predicted octanol–water partition coefficient (Wildman–Crippen LogP) is 3.01. The summed E-state index contributed by atoms with van der Waals surface area (Å²) in [6.45, 7) is 3.04. The molecule has 1 fully saturated rings. The van der Waals surface area contributed by atoms with E-state index in [0.717, 1.165) is 22.0 Å². The predicted molar refractivity (Wildman–Crippen MR) is 122 cm³/mol. The Morgan fingerprint density at radius 1 is 1.03 bits per heavy atom. The smallest absolute Gasteiger partial charge is 0.328 e. The molecule has 2 aromatic rings. The van der Waals surface area contributed by atoms with Crippen LogP contribution in [0, 0.1) is 0 Å². The number of ether oxygens (including phenoxy) is 1. The van der Waals surface area contributed by atoms with E-state index in [1.807, 2.05) is 72.6 Å². The molecule has 9 nitrogen and oxygen atoms in total. The molecule has 0 radical (unpaired) electrons. The molecule has 0 spiro atoms. The van der Waals surface area contributed by atoms with Gasteiger partial charge in [0.1, 0.15) is 17.3 Å². The number of amides is 3. The summed E-state index contributed by atoms with van der Waals surface area (Å²) in [5.41, 5.74) is 1.74. The van der Waals surface area contributed by atoms with Gasteiger partial charge in [0.2, 0.25) is 5.96 Å². The zero-order valence-corrected chi connectivity index (χ0v) is 18.5. The van der Waals surface area contributed by atoms with E-state index in [0.29, 0.717) is 11.7 Å². The van der Waals surface area contributed by atoms with Gasteiger partial charge in [0.15, 0.2) is 12.2 Å². The van der Waals surface area contributed by atoms with E-state index in [-0.39, 0.29) is 12.3 Å². The molecule has 0 aromatic heterocycles. The second-order valence-corrected chi connectivity index (χ2v) is 8.23. The fraction of sp³-hybridized carbons (Fsp3) is 0.250. The van der Waals surface area contributed by atoms with Crippen molar-refractivity contribution in [2.45, 2.75) is 26.1 Å². The van der Waals surface area contributed by atoms with Gasteiger partial charge >= 0.3 is 6.03 Å². The third-order valence-electron chi connectivity index (χ3n) is 5.84. The summed E-state index contributed by atoms with van der Waals surface area (Å²) >= 11 is 0. The van der Waals surface area contributed by atoms with Crippen molar-refractivity contribution in [3.8, 4) is 11.5 Å². The number of Topliss-reactive ketones (excluding diaryl/α,β-unsaturated/α-hetero) is 1. The van der Waals surface area contributed by atoms with Crippen molar-refractivity contribution in [1.29, 1.82) is 0 Å². The quantitative estimate of drug-likeness (QED) is 0.703. The van der Waals surface area contributed by atoms with E-state index >= 15 is 0 Å². The number of urea groups is 1. The summed E-state index contributed by atoms with van der Waals surface area (Å²) in [7, 11) is 1.60. The fourth-order valence-corrected chi connectivity index (χ4v) is 4.33. The summed E-state index contributed by atoms with van der Waals surface area (Å²) in [5.74, 6) is 1.34. The first-order valence-corrected chi connectivity index (χ1v) is 10.6. The highest BCUT2D eigenvalue weighted by Gasteiger charge is 2.54. The molecule has 3 aliphatic heterocycles. The number of anilines is 1. The number of carbonyl (C=O) groups is 3. The summed E-state index contributed by atoms with van der Waals surface area (Å²) in [6.07, 6.45) is 1.20. The van der Waals surface area contributed by atoms with E-state index in [1.54, 1.807) is 11.9 Å². The van der Waals surface area contributed by atoms with Crippen molar-refractivity contribution >= 4 is 29.4 Å². The number of likely N-dealkylation sites (N-methyl/N-ethyl adjacent to an activating group) is 1. The number of benzene rings is 2. The minimum absolute atomic E-state index is 0.246.